The van der Waals surface area contributed by atoms with E-state index in [1.54, 1.807) is 0 Å². The molecule has 0 saturated heterocycles. The highest BCUT2D eigenvalue weighted by Crippen LogP contribution is 2.45. The highest BCUT2D eigenvalue weighted by molar-refractivity contribution is 6.23. The van der Waals surface area contributed by atoms with Crippen LogP contribution in [0.25, 0.3) is 77.9 Å². The zero-order valence-corrected chi connectivity index (χ0v) is 22.5. The average Bonchev–Trinajstić information content (AvgIpc) is 3.28. The molecular weight excluding hydrogens is 492 g/mol. The Bertz CT molecular complexity index is 2170. The fourth-order valence-corrected chi connectivity index (χ4v) is 6.40. The summed E-state index contributed by atoms with van der Waals surface area (Å²) in [7, 11) is 0. The van der Waals surface area contributed by atoms with Crippen molar-refractivity contribution in [1.82, 2.24) is 0 Å². The van der Waals surface area contributed by atoms with Crippen molar-refractivity contribution in [2.24, 2.45) is 0 Å². The van der Waals surface area contributed by atoms with Crippen LogP contribution in [-0.2, 0) is 0 Å². The molecule has 0 spiro atoms. The number of fused-ring (bicyclic) bond motifs is 4. The second kappa shape index (κ2) is 9.65. The SMILES string of the molecule is C1=CC=Cc2ccc(-c3cccc(-c4c5ccccc5c(-c5cccc6ccccc56)c5ccccc45)c3)cc2C=1. The van der Waals surface area contributed by atoms with Gasteiger partial charge in [-0.15, -0.1) is 5.73 Å². The second-order valence-electron chi connectivity index (χ2n) is 10.6. The quantitative estimate of drug-likeness (QED) is 0.161. The molecular formula is C41H26. The molecule has 0 saturated carbocycles. The zero-order chi connectivity index (χ0) is 27.2. The largest absolute Gasteiger partial charge is 0.120 e. The first kappa shape index (κ1) is 23.5. The predicted molar refractivity (Wildman–Crippen MR) is 177 cm³/mol. The molecule has 0 atom stereocenters. The van der Waals surface area contributed by atoms with E-state index in [1.165, 1.54) is 76.8 Å². The van der Waals surface area contributed by atoms with Gasteiger partial charge in [-0.2, -0.15) is 0 Å². The Kier molecular flexibility index (Phi) is 5.52. The van der Waals surface area contributed by atoms with Crippen molar-refractivity contribution in [3.05, 3.63) is 162 Å². The Hall–Kier alpha value is -5.42. The summed E-state index contributed by atoms with van der Waals surface area (Å²) in [5.41, 5.74) is 13.2. The maximum absolute atomic E-state index is 3.25. The van der Waals surface area contributed by atoms with Crippen LogP contribution in [0.1, 0.15) is 11.1 Å². The topological polar surface area (TPSA) is 0 Å². The van der Waals surface area contributed by atoms with E-state index in [4.69, 9.17) is 0 Å². The van der Waals surface area contributed by atoms with E-state index in [0.29, 0.717) is 0 Å². The van der Waals surface area contributed by atoms with Crippen LogP contribution in [0.4, 0.5) is 0 Å². The predicted octanol–water partition coefficient (Wildman–Crippen LogP) is 11.3. The Labute approximate surface area is 239 Å². The average molecular weight is 519 g/mol. The second-order valence-corrected chi connectivity index (χ2v) is 10.6. The van der Waals surface area contributed by atoms with Gasteiger partial charge in [-0.3, -0.25) is 0 Å². The number of allylic oxidation sites excluding steroid dienone is 2. The number of hydrogen-bond acceptors (Lipinski definition) is 0. The van der Waals surface area contributed by atoms with Crippen molar-refractivity contribution in [1.29, 1.82) is 0 Å². The molecule has 0 aliphatic heterocycles. The van der Waals surface area contributed by atoms with Gasteiger partial charge in [0, 0.05) is 0 Å². The van der Waals surface area contributed by atoms with Crippen molar-refractivity contribution in [2.75, 3.05) is 0 Å². The highest BCUT2D eigenvalue weighted by atomic mass is 14.2. The summed E-state index contributed by atoms with van der Waals surface area (Å²) in [5, 5.41) is 7.63. The number of rotatable bonds is 3. The van der Waals surface area contributed by atoms with E-state index in [1.807, 2.05) is 12.2 Å². The normalized spacial score (nSPS) is 12.2. The molecule has 0 bridgehead atoms. The van der Waals surface area contributed by atoms with E-state index in [9.17, 15) is 0 Å². The minimum atomic E-state index is 1.19. The molecule has 7 aromatic carbocycles. The molecule has 1 aliphatic rings. The van der Waals surface area contributed by atoms with Crippen molar-refractivity contribution < 1.29 is 0 Å². The van der Waals surface area contributed by atoms with E-state index < -0.39 is 0 Å². The van der Waals surface area contributed by atoms with Crippen molar-refractivity contribution in [3.8, 4) is 33.4 Å². The van der Waals surface area contributed by atoms with Gasteiger partial charge in [0.2, 0.25) is 0 Å². The van der Waals surface area contributed by atoms with Crippen LogP contribution in [0, 0.1) is 0 Å². The van der Waals surface area contributed by atoms with Crippen molar-refractivity contribution in [3.63, 3.8) is 0 Å². The lowest BCUT2D eigenvalue weighted by Crippen LogP contribution is -1.92. The minimum Gasteiger partial charge on any atom is -0.120 e. The van der Waals surface area contributed by atoms with Crippen molar-refractivity contribution >= 4 is 44.5 Å². The first-order valence-corrected chi connectivity index (χ1v) is 14.1. The molecule has 190 valence electrons. The molecule has 8 rings (SSSR count). The summed E-state index contributed by atoms with van der Waals surface area (Å²) in [4.78, 5) is 0. The highest BCUT2D eigenvalue weighted by Gasteiger charge is 2.18. The lowest BCUT2D eigenvalue weighted by Gasteiger charge is -2.19. The summed E-state index contributed by atoms with van der Waals surface area (Å²) < 4.78 is 0. The van der Waals surface area contributed by atoms with Gasteiger partial charge in [0.05, 0.1) is 0 Å². The van der Waals surface area contributed by atoms with Gasteiger partial charge in [-0.1, -0.05) is 133 Å². The Morgan fingerprint density at radius 3 is 1.80 bits per heavy atom. The molecule has 0 nitrogen and oxygen atoms in total. The zero-order valence-electron chi connectivity index (χ0n) is 22.5. The number of benzene rings is 7. The summed E-state index contributed by atoms with van der Waals surface area (Å²) >= 11 is 0. The smallest absolute Gasteiger partial charge is 0.00201 e. The van der Waals surface area contributed by atoms with Crippen LogP contribution in [-0.4, -0.2) is 0 Å². The standard InChI is InChI=1S/C41H26/c1-2-12-28-24-25-32(26-30(28)14-3-1)31-16-10-17-33(27-31)40-36-19-6-8-21-38(36)41(39-22-9-7-20-37(39)40)35-23-11-15-29-13-4-5-18-34(29)35/h1-2,4-27H. The van der Waals surface area contributed by atoms with Gasteiger partial charge in [0.25, 0.3) is 0 Å². The van der Waals surface area contributed by atoms with E-state index in [2.05, 4.69) is 151 Å². The lowest BCUT2D eigenvalue weighted by atomic mass is 9.84. The molecule has 0 amide bonds. The van der Waals surface area contributed by atoms with Crippen LogP contribution >= 0.6 is 0 Å². The minimum absolute atomic E-state index is 1.19. The van der Waals surface area contributed by atoms with Gasteiger partial charge in [0.15, 0.2) is 0 Å². The summed E-state index contributed by atoms with van der Waals surface area (Å²) in [5.74, 6) is 0. The Morgan fingerprint density at radius 1 is 0.415 bits per heavy atom. The molecule has 41 heavy (non-hydrogen) atoms. The summed E-state index contributed by atoms with van der Waals surface area (Å²) in [6.45, 7) is 0. The molecule has 0 heteroatoms. The number of hydrogen-bond donors (Lipinski definition) is 0. The molecule has 0 radical (unpaired) electrons. The lowest BCUT2D eigenvalue weighted by molar-refractivity contribution is 1.57. The first-order valence-electron chi connectivity index (χ1n) is 14.1. The van der Waals surface area contributed by atoms with Crippen LogP contribution < -0.4 is 0 Å². The third-order valence-electron chi connectivity index (χ3n) is 8.27. The van der Waals surface area contributed by atoms with E-state index >= 15 is 0 Å². The third kappa shape index (κ3) is 3.94. The fourth-order valence-electron chi connectivity index (χ4n) is 6.40. The monoisotopic (exact) mass is 518 g/mol. The van der Waals surface area contributed by atoms with E-state index in [0.717, 1.165) is 0 Å². The summed E-state index contributed by atoms with van der Waals surface area (Å²) in [6, 6.07) is 48.8. The van der Waals surface area contributed by atoms with Crippen molar-refractivity contribution in [2.45, 2.75) is 0 Å². The first-order chi connectivity index (χ1) is 20.3. The van der Waals surface area contributed by atoms with Crippen LogP contribution in [0.2, 0.25) is 0 Å². The molecule has 7 aromatic rings. The third-order valence-corrected chi connectivity index (χ3v) is 8.27. The molecule has 0 aromatic heterocycles. The maximum atomic E-state index is 3.25. The Balaban J connectivity index is 1.40. The molecule has 0 fully saturated rings. The summed E-state index contributed by atoms with van der Waals surface area (Å²) in [6.07, 6.45) is 8.21. The van der Waals surface area contributed by atoms with Gasteiger partial charge < -0.3 is 0 Å². The van der Waals surface area contributed by atoms with Gasteiger partial charge in [0.1, 0.15) is 0 Å². The Morgan fingerprint density at radius 2 is 1.02 bits per heavy atom. The molecule has 0 N–H and O–H groups in total. The van der Waals surface area contributed by atoms with Crippen LogP contribution in [0.5, 0.6) is 0 Å². The van der Waals surface area contributed by atoms with Gasteiger partial charge in [-0.25, -0.2) is 0 Å². The van der Waals surface area contributed by atoms with Crippen LogP contribution in [0.15, 0.2) is 151 Å². The molecule has 1 aliphatic carbocycles. The van der Waals surface area contributed by atoms with Gasteiger partial charge in [-0.05, 0) is 101 Å². The molecule has 0 heterocycles. The molecule has 0 unspecified atom stereocenters. The fraction of sp³-hybridized carbons (Fsp3) is 0. The van der Waals surface area contributed by atoms with E-state index in [-0.39, 0.29) is 0 Å². The van der Waals surface area contributed by atoms with Gasteiger partial charge >= 0.3 is 0 Å². The maximum Gasteiger partial charge on any atom is -0.00201 e. The van der Waals surface area contributed by atoms with Crippen LogP contribution in [0.3, 0.4) is 0 Å².